The van der Waals surface area contributed by atoms with E-state index >= 15 is 0 Å². The van der Waals surface area contributed by atoms with Crippen LogP contribution in [0, 0.1) is 10.1 Å². The van der Waals surface area contributed by atoms with Crippen LogP contribution in [0.3, 0.4) is 0 Å². The van der Waals surface area contributed by atoms with Crippen LogP contribution in [-0.2, 0) is 6.54 Å². The molecular formula is C12H8BrClN2O4S. The van der Waals surface area contributed by atoms with E-state index in [4.69, 9.17) is 11.6 Å². The lowest BCUT2D eigenvalue weighted by Gasteiger charge is -2.10. The van der Waals surface area contributed by atoms with Gasteiger partial charge in [-0.3, -0.25) is 10.1 Å². The number of thiophene rings is 1. The summed E-state index contributed by atoms with van der Waals surface area (Å²) in [6.45, 7) is 0.369. The first kappa shape index (κ1) is 15.7. The van der Waals surface area contributed by atoms with Gasteiger partial charge in [-0.15, -0.1) is 11.3 Å². The molecule has 0 fully saturated rings. The number of aromatic carboxylic acids is 1. The van der Waals surface area contributed by atoms with Gasteiger partial charge in [0.05, 0.1) is 21.2 Å². The van der Waals surface area contributed by atoms with E-state index in [9.17, 15) is 20.0 Å². The highest BCUT2D eigenvalue weighted by Gasteiger charge is 2.20. The Hall–Kier alpha value is -1.64. The number of non-ortho nitro benzene ring substituents is 1. The van der Waals surface area contributed by atoms with Crippen molar-refractivity contribution in [2.24, 2.45) is 0 Å². The number of hydrogen-bond donors (Lipinski definition) is 2. The lowest BCUT2D eigenvalue weighted by molar-refractivity contribution is -0.384. The van der Waals surface area contributed by atoms with Crippen LogP contribution < -0.4 is 5.32 Å². The fourth-order valence-electron chi connectivity index (χ4n) is 1.67. The molecule has 0 radical (unpaired) electrons. The van der Waals surface area contributed by atoms with Gasteiger partial charge in [-0.05, 0) is 22.0 Å². The molecule has 2 rings (SSSR count). The minimum Gasteiger partial charge on any atom is -0.478 e. The highest BCUT2D eigenvalue weighted by atomic mass is 79.9. The molecule has 1 aromatic carbocycles. The van der Waals surface area contributed by atoms with Crippen molar-refractivity contribution in [3.05, 3.63) is 53.6 Å². The summed E-state index contributed by atoms with van der Waals surface area (Å²) in [5, 5.41) is 24.7. The Balaban J connectivity index is 2.33. The first-order valence-corrected chi connectivity index (χ1v) is 7.61. The van der Waals surface area contributed by atoms with Crippen molar-refractivity contribution >= 4 is 56.2 Å². The maximum atomic E-state index is 11.2. The summed E-state index contributed by atoms with van der Waals surface area (Å²) in [7, 11) is 0. The summed E-state index contributed by atoms with van der Waals surface area (Å²) in [5.74, 6) is -1.28. The van der Waals surface area contributed by atoms with Crippen molar-refractivity contribution in [2.45, 2.75) is 6.54 Å². The van der Waals surface area contributed by atoms with Crippen LogP contribution in [0.1, 0.15) is 15.2 Å². The van der Waals surface area contributed by atoms with Gasteiger partial charge in [0.1, 0.15) is 0 Å². The summed E-state index contributed by atoms with van der Waals surface area (Å²) in [5.41, 5.74) is -0.425. The zero-order chi connectivity index (χ0) is 15.6. The van der Waals surface area contributed by atoms with E-state index in [1.165, 1.54) is 11.3 Å². The molecular weight excluding hydrogens is 384 g/mol. The highest BCUT2D eigenvalue weighted by Crippen LogP contribution is 2.32. The Morgan fingerprint density at radius 2 is 2.19 bits per heavy atom. The normalized spacial score (nSPS) is 10.4. The molecule has 0 saturated carbocycles. The standard InChI is InChI=1S/C12H8BrClN2O4S/c13-6-1-8(21-5-6)4-15-11-9(12(17)18)2-7(16(19)20)3-10(11)14/h1-3,5,15H,4H2,(H,17,18). The number of carbonyl (C=O) groups is 1. The molecule has 0 saturated heterocycles. The number of rotatable bonds is 5. The summed E-state index contributed by atoms with van der Waals surface area (Å²) < 4.78 is 0.928. The Bertz CT molecular complexity index is 719. The number of nitrogens with one attached hydrogen (secondary N) is 1. The number of anilines is 1. The van der Waals surface area contributed by atoms with Gasteiger partial charge >= 0.3 is 5.97 Å². The van der Waals surface area contributed by atoms with Crippen LogP contribution in [-0.4, -0.2) is 16.0 Å². The van der Waals surface area contributed by atoms with Crippen LogP contribution in [0.4, 0.5) is 11.4 Å². The summed E-state index contributed by atoms with van der Waals surface area (Å²) >= 11 is 10.8. The average molecular weight is 392 g/mol. The lowest BCUT2D eigenvalue weighted by atomic mass is 10.1. The van der Waals surface area contributed by atoms with Crippen molar-refractivity contribution < 1.29 is 14.8 Å². The second-order valence-corrected chi connectivity index (χ2v) is 6.32. The van der Waals surface area contributed by atoms with E-state index in [2.05, 4.69) is 21.2 Å². The van der Waals surface area contributed by atoms with Crippen LogP contribution in [0.2, 0.25) is 5.02 Å². The summed E-state index contributed by atoms with van der Waals surface area (Å²) in [6.07, 6.45) is 0. The zero-order valence-electron chi connectivity index (χ0n) is 10.3. The number of nitrogens with zero attached hydrogens (tertiary/aromatic N) is 1. The van der Waals surface area contributed by atoms with Gasteiger partial charge < -0.3 is 10.4 Å². The first-order chi connectivity index (χ1) is 9.88. The molecule has 0 unspecified atom stereocenters. The van der Waals surface area contributed by atoms with Crippen molar-refractivity contribution in [2.75, 3.05) is 5.32 Å². The number of benzene rings is 1. The Kier molecular flexibility index (Phi) is 4.81. The highest BCUT2D eigenvalue weighted by molar-refractivity contribution is 9.10. The summed E-state index contributed by atoms with van der Waals surface area (Å²) in [4.78, 5) is 22.3. The quantitative estimate of drug-likeness (QED) is 0.583. The van der Waals surface area contributed by atoms with Gasteiger partial charge in [-0.1, -0.05) is 11.6 Å². The third-order valence-electron chi connectivity index (χ3n) is 2.58. The number of carboxylic acids is 1. The predicted octanol–water partition coefficient (Wildman–Crippen LogP) is 4.38. The van der Waals surface area contributed by atoms with Crippen molar-refractivity contribution in [1.82, 2.24) is 0 Å². The third kappa shape index (κ3) is 3.72. The second-order valence-electron chi connectivity index (χ2n) is 4.00. The smallest absolute Gasteiger partial charge is 0.338 e. The number of hydrogen-bond acceptors (Lipinski definition) is 5. The molecule has 0 aliphatic rings. The largest absolute Gasteiger partial charge is 0.478 e. The molecule has 2 aromatic rings. The minimum absolute atomic E-state index is 0.00257. The molecule has 0 aliphatic carbocycles. The van der Waals surface area contributed by atoms with E-state index in [1.54, 1.807) is 0 Å². The van der Waals surface area contributed by atoms with E-state index in [0.29, 0.717) is 6.54 Å². The number of nitro benzene ring substituents is 1. The van der Waals surface area contributed by atoms with Gasteiger partial charge in [0.15, 0.2) is 0 Å². The molecule has 0 atom stereocenters. The molecule has 0 aliphatic heterocycles. The molecule has 1 aromatic heterocycles. The molecule has 0 spiro atoms. The molecule has 21 heavy (non-hydrogen) atoms. The number of nitro groups is 1. The maximum Gasteiger partial charge on any atom is 0.338 e. The lowest BCUT2D eigenvalue weighted by Crippen LogP contribution is -2.07. The number of carboxylic acid groups (broad SMARTS) is 1. The molecule has 1 heterocycles. The minimum atomic E-state index is -1.28. The van der Waals surface area contributed by atoms with E-state index < -0.39 is 10.9 Å². The third-order valence-corrected chi connectivity index (χ3v) is 4.57. The SMILES string of the molecule is O=C(O)c1cc([N+](=O)[O-])cc(Cl)c1NCc1cc(Br)cs1. The van der Waals surface area contributed by atoms with Gasteiger partial charge in [0.2, 0.25) is 0 Å². The number of halogens is 2. The molecule has 0 bridgehead atoms. The van der Waals surface area contributed by atoms with E-state index in [-0.39, 0.29) is 22.0 Å². The van der Waals surface area contributed by atoms with Crippen LogP contribution >= 0.6 is 38.9 Å². The van der Waals surface area contributed by atoms with E-state index in [1.807, 2.05) is 11.4 Å². The van der Waals surface area contributed by atoms with Crippen molar-refractivity contribution in [1.29, 1.82) is 0 Å². The Morgan fingerprint density at radius 3 is 2.71 bits per heavy atom. The van der Waals surface area contributed by atoms with Gasteiger partial charge in [0, 0.05) is 33.4 Å². The monoisotopic (exact) mass is 390 g/mol. The fourth-order valence-corrected chi connectivity index (χ4v) is 3.34. The van der Waals surface area contributed by atoms with Crippen molar-refractivity contribution in [3.8, 4) is 0 Å². The molecule has 2 N–H and O–H groups in total. The molecule has 110 valence electrons. The average Bonchev–Trinajstić information content (AvgIpc) is 2.82. The zero-order valence-corrected chi connectivity index (χ0v) is 13.5. The van der Waals surface area contributed by atoms with E-state index in [0.717, 1.165) is 21.5 Å². The van der Waals surface area contributed by atoms with Gasteiger partial charge in [-0.2, -0.15) is 0 Å². The van der Waals surface area contributed by atoms with Gasteiger partial charge in [0.25, 0.3) is 5.69 Å². The maximum absolute atomic E-state index is 11.2. The molecule has 0 amide bonds. The van der Waals surface area contributed by atoms with Crippen molar-refractivity contribution in [3.63, 3.8) is 0 Å². The summed E-state index contributed by atoms with van der Waals surface area (Å²) in [6, 6.07) is 4.00. The Labute approximate surface area is 136 Å². The molecule has 6 nitrogen and oxygen atoms in total. The topological polar surface area (TPSA) is 92.5 Å². The van der Waals surface area contributed by atoms with Crippen LogP contribution in [0.25, 0.3) is 0 Å². The first-order valence-electron chi connectivity index (χ1n) is 5.56. The predicted molar refractivity (Wildman–Crippen MR) is 84.4 cm³/mol. The van der Waals surface area contributed by atoms with Crippen LogP contribution in [0.5, 0.6) is 0 Å². The second kappa shape index (κ2) is 6.42. The van der Waals surface area contributed by atoms with Gasteiger partial charge in [-0.25, -0.2) is 4.79 Å². The molecule has 9 heteroatoms. The Morgan fingerprint density at radius 1 is 1.48 bits per heavy atom. The fraction of sp³-hybridized carbons (Fsp3) is 0.0833. The van der Waals surface area contributed by atoms with Crippen LogP contribution in [0.15, 0.2) is 28.1 Å².